The van der Waals surface area contributed by atoms with Gasteiger partial charge in [-0.25, -0.2) is 0 Å². The van der Waals surface area contributed by atoms with Crippen LogP contribution in [0.2, 0.25) is 0 Å². The van der Waals surface area contributed by atoms with Gasteiger partial charge in [0.05, 0.1) is 11.7 Å². The molecule has 0 saturated heterocycles. The summed E-state index contributed by atoms with van der Waals surface area (Å²) in [4.78, 5) is 0. The SMILES string of the molecule is CNC(c1ccccc1)c1nnnn1-c1c(C)cccc1C. The zero-order valence-corrected chi connectivity index (χ0v) is 13.0. The average molecular weight is 293 g/mol. The third-order valence-electron chi connectivity index (χ3n) is 3.82. The summed E-state index contributed by atoms with van der Waals surface area (Å²) in [7, 11) is 1.92. The fourth-order valence-electron chi connectivity index (χ4n) is 2.76. The summed E-state index contributed by atoms with van der Waals surface area (Å²) in [5.74, 6) is 0.783. The Balaban J connectivity index is 2.13. The van der Waals surface area contributed by atoms with E-state index in [4.69, 9.17) is 0 Å². The van der Waals surface area contributed by atoms with Crippen molar-refractivity contribution in [2.75, 3.05) is 7.05 Å². The topological polar surface area (TPSA) is 55.6 Å². The summed E-state index contributed by atoms with van der Waals surface area (Å²) in [5, 5.41) is 15.7. The molecule has 1 N–H and O–H groups in total. The Bertz CT molecular complexity index is 743. The van der Waals surface area contributed by atoms with E-state index >= 15 is 0 Å². The van der Waals surface area contributed by atoms with Gasteiger partial charge in [-0.3, -0.25) is 0 Å². The van der Waals surface area contributed by atoms with Gasteiger partial charge in [0.2, 0.25) is 0 Å². The molecule has 0 radical (unpaired) electrons. The van der Waals surface area contributed by atoms with Crippen molar-refractivity contribution in [3.63, 3.8) is 0 Å². The lowest BCUT2D eigenvalue weighted by Crippen LogP contribution is -2.22. The molecule has 0 saturated carbocycles. The molecule has 0 bridgehead atoms. The van der Waals surface area contributed by atoms with E-state index in [-0.39, 0.29) is 6.04 Å². The first-order valence-electron chi connectivity index (χ1n) is 7.29. The molecular formula is C17H19N5. The van der Waals surface area contributed by atoms with Crippen molar-refractivity contribution in [3.05, 3.63) is 71.0 Å². The molecule has 22 heavy (non-hydrogen) atoms. The smallest absolute Gasteiger partial charge is 0.178 e. The minimum absolute atomic E-state index is 0.0600. The van der Waals surface area contributed by atoms with Gasteiger partial charge in [-0.2, -0.15) is 4.68 Å². The van der Waals surface area contributed by atoms with E-state index in [9.17, 15) is 0 Å². The minimum atomic E-state index is -0.0600. The molecule has 0 fully saturated rings. The fraction of sp³-hybridized carbons (Fsp3) is 0.235. The molecule has 2 aromatic carbocycles. The second-order valence-electron chi connectivity index (χ2n) is 5.32. The van der Waals surface area contributed by atoms with Crippen LogP contribution in [0.15, 0.2) is 48.5 Å². The number of rotatable bonds is 4. The van der Waals surface area contributed by atoms with E-state index in [0.717, 1.165) is 28.2 Å². The lowest BCUT2D eigenvalue weighted by molar-refractivity contribution is 0.619. The Morgan fingerprint density at radius 3 is 2.27 bits per heavy atom. The molecule has 3 rings (SSSR count). The van der Waals surface area contributed by atoms with Crippen molar-refractivity contribution in [2.24, 2.45) is 0 Å². The Morgan fingerprint density at radius 1 is 0.955 bits per heavy atom. The van der Waals surface area contributed by atoms with Crippen LogP contribution in [0.4, 0.5) is 0 Å². The number of benzene rings is 2. The predicted molar refractivity (Wildman–Crippen MR) is 86.0 cm³/mol. The van der Waals surface area contributed by atoms with Crippen LogP contribution in [0.5, 0.6) is 0 Å². The van der Waals surface area contributed by atoms with Crippen molar-refractivity contribution >= 4 is 0 Å². The van der Waals surface area contributed by atoms with Gasteiger partial charge in [0.15, 0.2) is 5.82 Å². The van der Waals surface area contributed by atoms with Gasteiger partial charge >= 0.3 is 0 Å². The maximum Gasteiger partial charge on any atom is 0.178 e. The molecule has 0 aliphatic heterocycles. The molecule has 1 atom stereocenters. The van der Waals surface area contributed by atoms with Crippen LogP contribution in [0.25, 0.3) is 5.69 Å². The summed E-state index contributed by atoms with van der Waals surface area (Å²) in [6, 6.07) is 16.3. The van der Waals surface area contributed by atoms with Crippen LogP contribution in [0.1, 0.15) is 28.6 Å². The maximum absolute atomic E-state index is 4.26. The molecule has 112 valence electrons. The number of hydrogen-bond donors (Lipinski definition) is 1. The van der Waals surface area contributed by atoms with Gasteiger partial charge in [0.25, 0.3) is 0 Å². The largest absolute Gasteiger partial charge is 0.307 e. The maximum atomic E-state index is 4.26. The Kier molecular flexibility index (Phi) is 3.98. The molecule has 5 nitrogen and oxygen atoms in total. The van der Waals surface area contributed by atoms with Crippen LogP contribution >= 0.6 is 0 Å². The first kappa shape index (κ1) is 14.4. The molecule has 3 aromatic rings. The number of hydrogen-bond acceptors (Lipinski definition) is 4. The number of nitrogens with zero attached hydrogens (tertiary/aromatic N) is 4. The number of nitrogens with one attached hydrogen (secondary N) is 1. The van der Waals surface area contributed by atoms with Gasteiger partial charge < -0.3 is 5.32 Å². The summed E-state index contributed by atoms with van der Waals surface area (Å²) in [5.41, 5.74) is 4.47. The monoisotopic (exact) mass is 293 g/mol. The number of aromatic nitrogens is 4. The molecule has 0 spiro atoms. The highest BCUT2D eigenvalue weighted by Crippen LogP contribution is 2.24. The summed E-state index contributed by atoms with van der Waals surface area (Å²) < 4.78 is 1.83. The average Bonchev–Trinajstić information content (AvgIpc) is 2.98. The van der Waals surface area contributed by atoms with Crippen LogP contribution in [-0.4, -0.2) is 27.3 Å². The van der Waals surface area contributed by atoms with Crippen molar-refractivity contribution < 1.29 is 0 Å². The second-order valence-corrected chi connectivity index (χ2v) is 5.32. The van der Waals surface area contributed by atoms with Gasteiger partial charge in [0.1, 0.15) is 0 Å². The van der Waals surface area contributed by atoms with Crippen molar-refractivity contribution in [3.8, 4) is 5.69 Å². The van der Waals surface area contributed by atoms with Crippen molar-refractivity contribution in [2.45, 2.75) is 19.9 Å². The standard InChI is InChI=1S/C17H19N5/c1-12-8-7-9-13(2)16(12)22-17(19-20-21-22)15(18-3)14-10-5-4-6-11-14/h4-11,15,18H,1-3H3. The van der Waals surface area contributed by atoms with Crippen molar-refractivity contribution in [1.29, 1.82) is 0 Å². The zero-order valence-electron chi connectivity index (χ0n) is 13.0. The molecule has 0 aliphatic rings. The highest BCUT2D eigenvalue weighted by Gasteiger charge is 2.21. The highest BCUT2D eigenvalue weighted by molar-refractivity contribution is 5.47. The molecule has 5 heteroatoms. The van der Waals surface area contributed by atoms with Crippen LogP contribution in [0, 0.1) is 13.8 Å². The Hall–Kier alpha value is -2.53. The molecule has 1 aromatic heterocycles. The van der Waals surface area contributed by atoms with Crippen LogP contribution < -0.4 is 5.32 Å². The van der Waals surface area contributed by atoms with E-state index in [0.29, 0.717) is 0 Å². The van der Waals surface area contributed by atoms with Gasteiger partial charge in [0, 0.05) is 0 Å². The summed E-state index contributed by atoms with van der Waals surface area (Å²) in [6.07, 6.45) is 0. The number of aryl methyl sites for hydroxylation is 2. The van der Waals surface area contributed by atoms with Gasteiger partial charge in [-0.05, 0) is 48.0 Å². The summed E-state index contributed by atoms with van der Waals surface area (Å²) >= 11 is 0. The molecule has 1 heterocycles. The molecule has 0 aliphatic carbocycles. The van der Waals surface area contributed by atoms with E-state index < -0.39 is 0 Å². The van der Waals surface area contributed by atoms with E-state index in [1.807, 2.05) is 36.0 Å². The number of para-hydroxylation sites is 1. The van der Waals surface area contributed by atoms with E-state index in [2.05, 4.69) is 59.0 Å². The quantitative estimate of drug-likeness (QED) is 0.803. The van der Waals surface area contributed by atoms with Crippen molar-refractivity contribution in [1.82, 2.24) is 25.5 Å². The van der Waals surface area contributed by atoms with E-state index in [1.165, 1.54) is 0 Å². The minimum Gasteiger partial charge on any atom is -0.307 e. The number of tetrazole rings is 1. The van der Waals surface area contributed by atoms with Gasteiger partial charge in [-0.15, -0.1) is 5.10 Å². The molecule has 1 unspecified atom stereocenters. The lowest BCUT2D eigenvalue weighted by atomic mass is 10.1. The lowest BCUT2D eigenvalue weighted by Gasteiger charge is -2.18. The first-order valence-corrected chi connectivity index (χ1v) is 7.29. The Labute approximate surface area is 130 Å². The summed E-state index contributed by atoms with van der Waals surface area (Å²) in [6.45, 7) is 4.15. The third kappa shape index (κ3) is 2.51. The second kappa shape index (κ2) is 6.07. The zero-order chi connectivity index (χ0) is 15.5. The van der Waals surface area contributed by atoms with Crippen LogP contribution in [-0.2, 0) is 0 Å². The van der Waals surface area contributed by atoms with E-state index in [1.54, 1.807) is 0 Å². The Morgan fingerprint density at radius 2 is 1.64 bits per heavy atom. The van der Waals surface area contributed by atoms with Crippen LogP contribution in [0.3, 0.4) is 0 Å². The first-order chi connectivity index (χ1) is 10.7. The van der Waals surface area contributed by atoms with Gasteiger partial charge in [-0.1, -0.05) is 48.5 Å². The third-order valence-corrected chi connectivity index (χ3v) is 3.82. The predicted octanol–water partition coefficient (Wildman–Crippen LogP) is 2.59. The fourth-order valence-corrected chi connectivity index (χ4v) is 2.76. The molecule has 0 amide bonds. The molecular weight excluding hydrogens is 274 g/mol. The highest BCUT2D eigenvalue weighted by atomic mass is 15.5. The normalized spacial score (nSPS) is 12.3.